The fourth-order valence-electron chi connectivity index (χ4n) is 5.46. The van der Waals surface area contributed by atoms with Gasteiger partial charge in [-0.2, -0.15) is 0 Å². The number of hydrogen-bond acceptors (Lipinski definition) is 9. The number of hydrogen-bond donors (Lipinski definition) is 1. The Morgan fingerprint density at radius 2 is 1.90 bits per heavy atom. The van der Waals surface area contributed by atoms with Crippen LogP contribution in [0.25, 0.3) is 17.1 Å². The molecule has 0 radical (unpaired) electrons. The maximum absolute atomic E-state index is 13.9. The summed E-state index contributed by atoms with van der Waals surface area (Å²) in [6.07, 6.45) is 6.27. The van der Waals surface area contributed by atoms with Crippen molar-refractivity contribution in [3.8, 4) is 11.6 Å². The molecule has 5 atom stereocenters. The number of aromatic nitrogens is 2. The summed E-state index contributed by atoms with van der Waals surface area (Å²) >= 11 is 0. The van der Waals surface area contributed by atoms with E-state index in [9.17, 15) is 14.4 Å². The fourth-order valence-corrected chi connectivity index (χ4v) is 5.46. The molecule has 5 rings (SSSR count). The van der Waals surface area contributed by atoms with Crippen LogP contribution in [0.4, 0.5) is 4.79 Å². The molecule has 2 aliphatic heterocycles. The molecule has 1 aliphatic carbocycles. The van der Waals surface area contributed by atoms with Crippen LogP contribution in [0.1, 0.15) is 58.6 Å². The van der Waals surface area contributed by atoms with Gasteiger partial charge in [-0.15, -0.1) is 0 Å². The molecule has 11 nitrogen and oxygen atoms in total. The minimum Gasteiger partial charge on any atom is -0.497 e. The van der Waals surface area contributed by atoms with Gasteiger partial charge in [-0.3, -0.25) is 4.79 Å². The number of carbonyl (C=O) groups is 3. The van der Waals surface area contributed by atoms with Crippen LogP contribution in [0.3, 0.4) is 0 Å². The van der Waals surface area contributed by atoms with E-state index in [0.717, 1.165) is 25.7 Å². The largest absolute Gasteiger partial charge is 0.497 e. The highest BCUT2D eigenvalue weighted by Gasteiger charge is 2.47. The lowest BCUT2D eigenvalue weighted by atomic mass is 9.85. The molecule has 41 heavy (non-hydrogen) atoms. The smallest absolute Gasteiger partial charge is 0.408 e. The van der Waals surface area contributed by atoms with Gasteiger partial charge >= 0.3 is 12.1 Å². The molecular weight excluding hydrogens is 528 g/mol. The van der Waals surface area contributed by atoms with Crippen molar-refractivity contribution in [3.05, 3.63) is 30.0 Å². The van der Waals surface area contributed by atoms with E-state index in [0.29, 0.717) is 34.3 Å². The molecule has 3 aliphatic rings. The minimum absolute atomic E-state index is 0.105. The lowest BCUT2D eigenvalue weighted by molar-refractivity contribution is -0.152. The Hall–Kier alpha value is -3.89. The van der Waals surface area contributed by atoms with Gasteiger partial charge in [0.05, 0.1) is 31.8 Å². The predicted octanol–water partition coefficient (Wildman–Crippen LogP) is 3.89. The number of benzene rings is 1. The van der Waals surface area contributed by atoms with Crippen LogP contribution in [0.2, 0.25) is 0 Å². The number of alkyl carbamates (subject to hydrolysis) is 1. The van der Waals surface area contributed by atoms with Crippen LogP contribution < -0.4 is 14.8 Å². The fraction of sp³-hybridized carbons (Fsp3) is 0.567. The summed E-state index contributed by atoms with van der Waals surface area (Å²) < 4.78 is 22.4. The minimum atomic E-state index is -0.927. The quantitative estimate of drug-likeness (QED) is 0.538. The summed E-state index contributed by atoms with van der Waals surface area (Å²) in [5, 5.41) is 2.78. The van der Waals surface area contributed by atoms with Gasteiger partial charge in [0, 0.05) is 12.5 Å². The van der Waals surface area contributed by atoms with Gasteiger partial charge in [0.2, 0.25) is 11.8 Å². The summed E-state index contributed by atoms with van der Waals surface area (Å²) in [6.45, 7) is 5.68. The van der Waals surface area contributed by atoms with Crippen LogP contribution in [0, 0.1) is 11.3 Å². The van der Waals surface area contributed by atoms with Gasteiger partial charge in [0.1, 0.15) is 35.7 Å². The third kappa shape index (κ3) is 6.39. The van der Waals surface area contributed by atoms with E-state index in [2.05, 4.69) is 5.32 Å². The molecule has 3 heterocycles. The maximum Gasteiger partial charge on any atom is 0.408 e. The van der Waals surface area contributed by atoms with Crippen molar-refractivity contribution in [1.29, 1.82) is 0 Å². The number of nitrogens with one attached hydrogen (secondary N) is 1. The van der Waals surface area contributed by atoms with Crippen molar-refractivity contribution >= 4 is 35.1 Å². The zero-order chi connectivity index (χ0) is 29.3. The summed E-state index contributed by atoms with van der Waals surface area (Å²) in [4.78, 5) is 50.6. The van der Waals surface area contributed by atoms with Crippen LogP contribution in [-0.2, 0) is 19.1 Å². The molecule has 1 saturated carbocycles. The van der Waals surface area contributed by atoms with E-state index in [1.165, 1.54) is 12.0 Å². The monoisotopic (exact) mass is 566 g/mol. The number of amides is 2. The lowest BCUT2D eigenvalue weighted by Crippen LogP contribution is -2.57. The Kier molecular flexibility index (Phi) is 8.06. The first kappa shape index (κ1) is 28.6. The average molecular weight is 567 g/mol. The number of fused-ring (bicyclic) bond motifs is 5. The van der Waals surface area contributed by atoms with Crippen LogP contribution >= 0.6 is 0 Å². The normalized spacial score (nSPS) is 27.7. The van der Waals surface area contributed by atoms with E-state index in [4.69, 9.17) is 28.9 Å². The lowest BCUT2D eigenvalue weighted by Gasteiger charge is -2.34. The standard InChI is InChI=1S/C30H38N4O7/c1-30(2,3)25-27(35)34-16-19(15-23(34)28(36)39-5)40-26-21(31-20-12-11-18(38-4)14-22(20)32-26)10-8-6-7-9-17-13-24(17)41-29(37)33-25/h8,10-12,14,17,19,23-25H,6-7,9,13,15-16H2,1-5H3,(H,33,37)/b10-8+/t17-,19?,23+,24-,25-/m1/s1. The zero-order valence-electron chi connectivity index (χ0n) is 24.2. The molecule has 11 heteroatoms. The highest BCUT2D eigenvalue weighted by molar-refractivity contribution is 5.91. The molecule has 2 fully saturated rings. The number of rotatable bonds is 2. The number of ether oxygens (including phenoxy) is 4. The zero-order valence-corrected chi connectivity index (χ0v) is 24.2. The van der Waals surface area contributed by atoms with Gasteiger partial charge in [-0.05, 0) is 55.2 Å². The second kappa shape index (κ2) is 11.5. The van der Waals surface area contributed by atoms with Crippen molar-refractivity contribution in [2.75, 3.05) is 20.8 Å². The van der Waals surface area contributed by atoms with E-state index in [1.807, 2.05) is 45.1 Å². The van der Waals surface area contributed by atoms with Gasteiger partial charge in [-0.25, -0.2) is 19.6 Å². The van der Waals surface area contributed by atoms with Crippen molar-refractivity contribution in [1.82, 2.24) is 20.2 Å². The molecule has 1 saturated heterocycles. The number of carbonyl (C=O) groups excluding carboxylic acids is 3. The maximum atomic E-state index is 13.9. The van der Waals surface area contributed by atoms with Crippen molar-refractivity contribution in [2.24, 2.45) is 11.3 Å². The Bertz CT molecular complexity index is 1350. The number of esters is 1. The molecule has 2 aromatic rings. The summed E-state index contributed by atoms with van der Waals surface area (Å²) in [5.41, 5.74) is 1.21. The third-order valence-corrected chi connectivity index (χ3v) is 7.87. The van der Waals surface area contributed by atoms with Gasteiger partial charge in [-0.1, -0.05) is 26.8 Å². The summed E-state index contributed by atoms with van der Waals surface area (Å²) in [5.74, 6) is 0.291. The van der Waals surface area contributed by atoms with Crippen molar-refractivity contribution in [3.63, 3.8) is 0 Å². The van der Waals surface area contributed by atoms with Crippen LogP contribution in [0.15, 0.2) is 24.3 Å². The van der Waals surface area contributed by atoms with Crippen molar-refractivity contribution < 1.29 is 33.3 Å². The molecule has 2 amide bonds. The Morgan fingerprint density at radius 3 is 2.63 bits per heavy atom. The SMILES string of the molecule is COC(=O)[C@@H]1CC2CN1C(=O)[C@H](C(C)(C)C)NC(=O)O[C@@H]1C[C@H]1CCC/C=C/c1nc3ccc(OC)cc3nc1O2. The van der Waals surface area contributed by atoms with Crippen molar-refractivity contribution in [2.45, 2.75) is 77.2 Å². The first-order valence-electron chi connectivity index (χ1n) is 14.1. The Balaban J connectivity index is 1.51. The third-order valence-electron chi connectivity index (χ3n) is 7.87. The second-order valence-electron chi connectivity index (χ2n) is 12.0. The van der Waals surface area contributed by atoms with E-state index in [1.54, 1.807) is 13.2 Å². The highest BCUT2D eigenvalue weighted by atomic mass is 16.6. The molecule has 2 bridgehead atoms. The van der Waals surface area contributed by atoms with Gasteiger partial charge < -0.3 is 29.2 Å². The average Bonchev–Trinajstić information content (AvgIpc) is 3.53. The molecule has 1 aromatic carbocycles. The van der Waals surface area contributed by atoms with E-state index >= 15 is 0 Å². The summed E-state index contributed by atoms with van der Waals surface area (Å²) in [6, 6.07) is 3.65. The molecular formula is C30H38N4O7. The molecule has 1 N–H and O–H groups in total. The second-order valence-corrected chi connectivity index (χ2v) is 12.0. The first-order chi connectivity index (χ1) is 19.6. The number of nitrogens with zero attached hydrogens (tertiary/aromatic N) is 3. The summed E-state index contributed by atoms with van der Waals surface area (Å²) in [7, 11) is 2.87. The van der Waals surface area contributed by atoms with E-state index < -0.39 is 41.6 Å². The molecule has 0 spiro atoms. The topological polar surface area (TPSA) is 129 Å². The van der Waals surface area contributed by atoms with Crippen LogP contribution in [0.5, 0.6) is 11.6 Å². The Labute approximate surface area is 239 Å². The molecule has 220 valence electrons. The predicted molar refractivity (Wildman–Crippen MR) is 150 cm³/mol. The van der Waals surface area contributed by atoms with Gasteiger partial charge in [0.25, 0.3) is 0 Å². The van der Waals surface area contributed by atoms with E-state index in [-0.39, 0.29) is 19.1 Å². The van der Waals surface area contributed by atoms with Gasteiger partial charge in [0.15, 0.2) is 0 Å². The number of allylic oxidation sites excluding steroid dienone is 1. The number of methoxy groups -OCH3 is 2. The van der Waals surface area contributed by atoms with Crippen LogP contribution in [-0.4, -0.2) is 77.9 Å². The molecule has 1 aromatic heterocycles. The first-order valence-corrected chi connectivity index (χ1v) is 14.1. The molecule has 1 unspecified atom stereocenters. The highest BCUT2D eigenvalue weighted by Crippen LogP contribution is 2.38. The Morgan fingerprint density at radius 1 is 1.10 bits per heavy atom.